The van der Waals surface area contributed by atoms with Gasteiger partial charge in [0.15, 0.2) is 0 Å². The van der Waals surface area contributed by atoms with Crippen molar-refractivity contribution in [1.29, 1.82) is 0 Å². The number of likely N-dealkylation sites (tertiary alicyclic amines) is 1. The first-order valence-corrected chi connectivity index (χ1v) is 8.46. The van der Waals surface area contributed by atoms with Gasteiger partial charge in [0, 0.05) is 37.8 Å². The van der Waals surface area contributed by atoms with Crippen LogP contribution in [0.2, 0.25) is 0 Å². The molecule has 6 nitrogen and oxygen atoms in total. The Kier molecular flexibility index (Phi) is 6.35. The fourth-order valence-electron chi connectivity index (χ4n) is 2.80. The molecule has 3 amide bonds. The summed E-state index contributed by atoms with van der Waals surface area (Å²) in [6.07, 6.45) is 3.48. The maximum Gasteiger partial charge on any atom is 0.229 e. The number of anilines is 2. The molecular weight excluding hydrogens is 306 g/mol. The van der Waals surface area contributed by atoms with Gasteiger partial charge in [-0.15, -0.1) is 0 Å². The Morgan fingerprint density at radius 1 is 1.12 bits per heavy atom. The van der Waals surface area contributed by atoms with Crippen molar-refractivity contribution in [3.8, 4) is 0 Å². The summed E-state index contributed by atoms with van der Waals surface area (Å²) in [4.78, 5) is 37.1. The Balaban J connectivity index is 1.86. The molecule has 0 aromatic heterocycles. The predicted octanol–water partition coefficient (Wildman–Crippen LogP) is 2.62. The van der Waals surface area contributed by atoms with Gasteiger partial charge in [-0.2, -0.15) is 0 Å². The van der Waals surface area contributed by atoms with Crippen molar-refractivity contribution < 1.29 is 14.4 Å². The van der Waals surface area contributed by atoms with Gasteiger partial charge in [-0.3, -0.25) is 14.4 Å². The molecule has 1 aromatic carbocycles. The largest absolute Gasteiger partial charge is 0.342 e. The maximum atomic E-state index is 12.3. The monoisotopic (exact) mass is 331 g/mol. The maximum absolute atomic E-state index is 12.3. The van der Waals surface area contributed by atoms with Crippen LogP contribution in [0.4, 0.5) is 11.4 Å². The van der Waals surface area contributed by atoms with E-state index in [-0.39, 0.29) is 30.1 Å². The topological polar surface area (TPSA) is 78.5 Å². The normalized spacial score (nSPS) is 17.0. The fraction of sp³-hybridized carbons (Fsp3) is 0.500. The molecule has 24 heavy (non-hydrogen) atoms. The standard InChI is InChI=1S/C18H25N3O3/c1-3-4-5-10-21-12-14(11-17(21)23)18(24)20-16-8-6-15(7-9-16)19-13(2)22/h6-9,14H,3-5,10-12H2,1-2H3,(H,19,22)(H,20,24). The molecule has 2 rings (SSSR count). The van der Waals surface area contributed by atoms with E-state index in [2.05, 4.69) is 17.6 Å². The Bertz CT molecular complexity index is 598. The predicted molar refractivity (Wildman–Crippen MR) is 93.6 cm³/mol. The lowest BCUT2D eigenvalue weighted by Gasteiger charge is -2.16. The van der Waals surface area contributed by atoms with E-state index in [1.165, 1.54) is 6.92 Å². The van der Waals surface area contributed by atoms with Gasteiger partial charge in [0.25, 0.3) is 0 Å². The number of hydrogen-bond acceptors (Lipinski definition) is 3. The second-order valence-electron chi connectivity index (χ2n) is 6.20. The summed E-state index contributed by atoms with van der Waals surface area (Å²) >= 11 is 0. The van der Waals surface area contributed by atoms with Crippen LogP contribution in [0.15, 0.2) is 24.3 Å². The number of hydrogen-bond donors (Lipinski definition) is 2. The summed E-state index contributed by atoms with van der Waals surface area (Å²) in [5.41, 5.74) is 1.34. The molecule has 0 bridgehead atoms. The third-order valence-corrected chi connectivity index (χ3v) is 4.09. The molecule has 1 aliphatic rings. The Labute approximate surface area is 142 Å². The van der Waals surface area contributed by atoms with E-state index in [4.69, 9.17) is 0 Å². The molecule has 1 aliphatic heterocycles. The van der Waals surface area contributed by atoms with Crippen molar-refractivity contribution in [1.82, 2.24) is 4.90 Å². The van der Waals surface area contributed by atoms with Gasteiger partial charge >= 0.3 is 0 Å². The van der Waals surface area contributed by atoms with Crippen LogP contribution in [-0.2, 0) is 14.4 Å². The lowest BCUT2D eigenvalue weighted by Crippen LogP contribution is -2.29. The highest BCUT2D eigenvalue weighted by Crippen LogP contribution is 2.21. The summed E-state index contributed by atoms with van der Waals surface area (Å²) in [6, 6.07) is 6.93. The van der Waals surface area contributed by atoms with Crippen molar-refractivity contribution in [3.63, 3.8) is 0 Å². The van der Waals surface area contributed by atoms with Crippen molar-refractivity contribution in [3.05, 3.63) is 24.3 Å². The molecule has 0 spiro atoms. The zero-order valence-electron chi connectivity index (χ0n) is 14.3. The first kappa shape index (κ1) is 18.0. The highest BCUT2D eigenvalue weighted by molar-refractivity contribution is 5.97. The highest BCUT2D eigenvalue weighted by Gasteiger charge is 2.33. The molecule has 0 radical (unpaired) electrons. The number of carbonyl (C=O) groups is 3. The van der Waals surface area contributed by atoms with E-state index in [0.29, 0.717) is 17.9 Å². The van der Waals surface area contributed by atoms with E-state index in [0.717, 1.165) is 25.8 Å². The van der Waals surface area contributed by atoms with Crippen LogP contribution in [0.5, 0.6) is 0 Å². The van der Waals surface area contributed by atoms with Gasteiger partial charge in [-0.1, -0.05) is 19.8 Å². The summed E-state index contributed by atoms with van der Waals surface area (Å²) in [5, 5.41) is 5.52. The molecule has 1 saturated heterocycles. The Hall–Kier alpha value is -2.37. The first-order chi connectivity index (χ1) is 11.5. The lowest BCUT2D eigenvalue weighted by molar-refractivity contribution is -0.128. The second-order valence-corrected chi connectivity index (χ2v) is 6.20. The molecule has 130 valence electrons. The number of benzene rings is 1. The molecule has 0 saturated carbocycles. The number of carbonyl (C=O) groups excluding carboxylic acids is 3. The van der Waals surface area contributed by atoms with E-state index in [1.807, 2.05) is 0 Å². The van der Waals surface area contributed by atoms with Crippen molar-refractivity contribution in [2.45, 2.75) is 39.5 Å². The summed E-state index contributed by atoms with van der Waals surface area (Å²) in [7, 11) is 0. The third kappa shape index (κ3) is 5.08. The van der Waals surface area contributed by atoms with Crippen molar-refractivity contribution in [2.75, 3.05) is 23.7 Å². The van der Waals surface area contributed by atoms with E-state index in [9.17, 15) is 14.4 Å². The smallest absolute Gasteiger partial charge is 0.229 e. The van der Waals surface area contributed by atoms with E-state index in [1.54, 1.807) is 29.2 Å². The molecule has 2 N–H and O–H groups in total. The van der Waals surface area contributed by atoms with E-state index >= 15 is 0 Å². The zero-order chi connectivity index (χ0) is 17.5. The number of amides is 3. The fourth-order valence-corrected chi connectivity index (χ4v) is 2.80. The van der Waals surface area contributed by atoms with Crippen LogP contribution < -0.4 is 10.6 Å². The van der Waals surface area contributed by atoms with Crippen LogP contribution >= 0.6 is 0 Å². The van der Waals surface area contributed by atoms with E-state index < -0.39 is 0 Å². The Morgan fingerprint density at radius 2 is 1.75 bits per heavy atom. The van der Waals surface area contributed by atoms with Gasteiger partial charge in [0.1, 0.15) is 0 Å². The summed E-state index contributed by atoms with van der Waals surface area (Å²) < 4.78 is 0. The first-order valence-electron chi connectivity index (χ1n) is 8.46. The number of rotatable bonds is 7. The molecule has 1 atom stereocenters. The minimum atomic E-state index is -0.297. The van der Waals surface area contributed by atoms with Gasteiger partial charge in [-0.05, 0) is 30.7 Å². The number of nitrogens with zero attached hydrogens (tertiary/aromatic N) is 1. The van der Waals surface area contributed by atoms with Gasteiger partial charge in [0.05, 0.1) is 5.92 Å². The molecular formula is C18H25N3O3. The minimum Gasteiger partial charge on any atom is -0.342 e. The quantitative estimate of drug-likeness (QED) is 0.754. The lowest BCUT2D eigenvalue weighted by atomic mass is 10.1. The molecule has 1 aromatic rings. The molecule has 1 unspecified atom stereocenters. The van der Waals surface area contributed by atoms with Crippen LogP contribution in [0, 0.1) is 5.92 Å². The number of unbranched alkanes of at least 4 members (excludes halogenated alkanes) is 2. The highest BCUT2D eigenvalue weighted by atomic mass is 16.2. The second kappa shape index (κ2) is 8.47. The summed E-state index contributed by atoms with van der Waals surface area (Å²) in [6.45, 7) is 4.80. The van der Waals surface area contributed by atoms with Gasteiger partial charge in [0.2, 0.25) is 17.7 Å². The summed E-state index contributed by atoms with van der Waals surface area (Å²) in [5.74, 6) is -0.505. The molecule has 6 heteroatoms. The van der Waals surface area contributed by atoms with Crippen molar-refractivity contribution in [2.24, 2.45) is 5.92 Å². The Morgan fingerprint density at radius 3 is 2.33 bits per heavy atom. The van der Waals surface area contributed by atoms with Crippen LogP contribution in [-0.4, -0.2) is 35.7 Å². The number of nitrogens with one attached hydrogen (secondary N) is 2. The molecule has 0 aliphatic carbocycles. The SMILES string of the molecule is CCCCCN1CC(C(=O)Nc2ccc(NC(C)=O)cc2)CC1=O. The van der Waals surface area contributed by atoms with Gasteiger partial charge in [-0.25, -0.2) is 0 Å². The minimum absolute atomic E-state index is 0.0623. The molecule has 1 heterocycles. The molecule has 1 fully saturated rings. The van der Waals surface area contributed by atoms with Gasteiger partial charge < -0.3 is 15.5 Å². The average molecular weight is 331 g/mol. The van der Waals surface area contributed by atoms with Crippen LogP contribution in [0.25, 0.3) is 0 Å². The van der Waals surface area contributed by atoms with Crippen molar-refractivity contribution >= 4 is 29.1 Å². The van der Waals surface area contributed by atoms with Crippen LogP contribution in [0.3, 0.4) is 0 Å². The zero-order valence-corrected chi connectivity index (χ0v) is 14.3. The van der Waals surface area contributed by atoms with Crippen LogP contribution in [0.1, 0.15) is 39.5 Å². The average Bonchev–Trinajstić information content (AvgIpc) is 2.90. The third-order valence-electron chi connectivity index (χ3n) is 4.09.